The molecule has 3 fully saturated rings. The SMILES string of the molecule is CC(C)(C)OC(=O)N1[C@@H](C(=O)NCc2cc(F)c(C(F)(F)F)c(C3CC3)c2F)C[C@H]2C[C@H]21. The van der Waals surface area contributed by atoms with Gasteiger partial charge < -0.3 is 10.1 Å². The minimum Gasteiger partial charge on any atom is -0.444 e. The van der Waals surface area contributed by atoms with Gasteiger partial charge in [0.15, 0.2) is 0 Å². The molecule has 176 valence electrons. The lowest BCUT2D eigenvalue weighted by Crippen LogP contribution is -2.49. The Morgan fingerprint density at radius 3 is 2.38 bits per heavy atom. The van der Waals surface area contributed by atoms with Crippen molar-refractivity contribution in [2.75, 3.05) is 0 Å². The Bertz CT molecular complexity index is 952. The molecule has 5 nitrogen and oxygen atoms in total. The number of carbonyl (C=O) groups is 2. The van der Waals surface area contributed by atoms with Crippen LogP contribution in [0.15, 0.2) is 6.07 Å². The number of hydrogen-bond donors (Lipinski definition) is 1. The summed E-state index contributed by atoms with van der Waals surface area (Å²) in [7, 11) is 0. The third-order valence-electron chi connectivity index (χ3n) is 6.06. The van der Waals surface area contributed by atoms with Crippen LogP contribution in [-0.2, 0) is 22.3 Å². The standard InChI is InChI=1S/C22H25F5N2O3/c1-21(2,3)32-20(31)29-14-7-11(14)8-15(29)19(30)28-9-12-6-13(23)17(22(25,26)27)16(18(12)24)10-4-5-10/h6,10-11,14-15H,4-5,7-9H2,1-3H3,(H,28,30)/t11-,14-,15-/m1/s1. The molecule has 0 aromatic heterocycles. The van der Waals surface area contributed by atoms with Crippen LogP contribution in [-0.4, -0.2) is 34.6 Å². The van der Waals surface area contributed by atoms with Gasteiger partial charge in [-0.25, -0.2) is 13.6 Å². The van der Waals surface area contributed by atoms with Crippen molar-refractivity contribution in [2.24, 2.45) is 5.92 Å². The molecule has 1 N–H and O–H groups in total. The monoisotopic (exact) mass is 460 g/mol. The van der Waals surface area contributed by atoms with Gasteiger partial charge in [-0.15, -0.1) is 0 Å². The number of alkyl halides is 3. The number of benzene rings is 1. The van der Waals surface area contributed by atoms with Crippen molar-refractivity contribution < 1.29 is 36.3 Å². The fraction of sp³-hybridized carbons (Fsp3) is 0.636. The molecular weight excluding hydrogens is 435 g/mol. The number of halogens is 5. The largest absolute Gasteiger partial charge is 0.444 e. The molecular formula is C22H25F5N2O3. The molecule has 3 atom stereocenters. The highest BCUT2D eigenvalue weighted by Gasteiger charge is 2.57. The molecule has 4 rings (SSSR count). The topological polar surface area (TPSA) is 58.6 Å². The van der Waals surface area contributed by atoms with Crippen molar-refractivity contribution in [2.45, 2.75) is 82.8 Å². The van der Waals surface area contributed by atoms with E-state index in [1.54, 1.807) is 20.8 Å². The predicted molar refractivity (Wildman–Crippen MR) is 104 cm³/mol. The maximum Gasteiger partial charge on any atom is 0.419 e. The van der Waals surface area contributed by atoms with Crippen molar-refractivity contribution >= 4 is 12.0 Å². The first-order valence-corrected chi connectivity index (χ1v) is 10.6. The number of hydrogen-bond acceptors (Lipinski definition) is 3. The summed E-state index contributed by atoms with van der Waals surface area (Å²) in [5.41, 5.74) is -3.33. The zero-order valence-corrected chi connectivity index (χ0v) is 18.0. The van der Waals surface area contributed by atoms with Gasteiger partial charge in [-0.2, -0.15) is 13.2 Å². The minimum atomic E-state index is -5.01. The van der Waals surface area contributed by atoms with Crippen LogP contribution in [0.3, 0.4) is 0 Å². The van der Waals surface area contributed by atoms with Crippen LogP contribution < -0.4 is 5.32 Å². The van der Waals surface area contributed by atoms with E-state index in [4.69, 9.17) is 4.74 Å². The first-order valence-electron chi connectivity index (χ1n) is 10.6. The van der Waals surface area contributed by atoms with Crippen LogP contribution in [0.25, 0.3) is 0 Å². The summed E-state index contributed by atoms with van der Waals surface area (Å²) in [6.07, 6.45) is -3.73. The van der Waals surface area contributed by atoms with Gasteiger partial charge >= 0.3 is 12.3 Å². The van der Waals surface area contributed by atoms with Gasteiger partial charge in [0.2, 0.25) is 5.91 Å². The maximum atomic E-state index is 14.9. The fourth-order valence-corrected chi connectivity index (χ4v) is 4.44. The molecule has 1 saturated heterocycles. The molecule has 1 heterocycles. The summed E-state index contributed by atoms with van der Waals surface area (Å²) >= 11 is 0. The molecule has 0 unspecified atom stereocenters. The third kappa shape index (κ3) is 4.41. The number of nitrogens with zero attached hydrogens (tertiary/aromatic N) is 1. The summed E-state index contributed by atoms with van der Waals surface area (Å²) in [5.74, 6) is -3.76. The number of piperidine rings is 1. The summed E-state index contributed by atoms with van der Waals surface area (Å²) in [5, 5.41) is 2.47. The van der Waals surface area contributed by atoms with E-state index in [1.165, 1.54) is 4.90 Å². The zero-order chi connectivity index (χ0) is 23.6. The van der Waals surface area contributed by atoms with Gasteiger partial charge in [0, 0.05) is 23.7 Å². The Morgan fingerprint density at radius 2 is 1.81 bits per heavy atom. The molecule has 0 spiro atoms. The van der Waals surface area contributed by atoms with Crippen LogP contribution >= 0.6 is 0 Å². The zero-order valence-electron chi connectivity index (χ0n) is 18.0. The van der Waals surface area contributed by atoms with Gasteiger partial charge in [-0.05, 0) is 64.4 Å². The molecule has 1 aliphatic heterocycles. The molecule has 2 aliphatic carbocycles. The smallest absolute Gasteiger partial charge is 0.419 e. The van der Waals surface area contributed by atoms with Crippen molar-refractivity contribution in [1.82, 2.24) is 10.2 Å². The summed E-state index contributed by atoms with van der Waals surface area (Å²) < 4.78 is 74.5. The minimum absolute atomic E-state index is 0.0951. The van der Waals surface area contributed by atoms with E-state index in [-0.39, 0.29) is 17.5 Å². The number of likely N-dealkylation sites (tertiary alicyclic amines) is 1. The molecule has 2 amide bonds. The van der Waals surface area contributed by atoms with E-state index >= 15 is 0 Å². The van der Waals surface area contributed by atoms with E-state index in [2.05, 4.69) is 5.32 Å². The second kappa shape index (κ2) is 7.59. The van der Waals surface area contributed by atoms with E-state index < -0.39 is 65.0 Å². The average molecular weight is 460 g/mol. The Kier molecular flexibility index (Phi) is 5.40. The number of rotatable bonds is 4. The summed E-state index contributed by atoms with van der Waals surface area (Å²) in [6.45, 7) is 4.65. The van der Waals surface area contributed by atoms with Gasteiger partial charge in [0.25, 0.3) is 0 Å². The van der Waals surface area contributed by atoms with Crippen LogP contribution in [0, 0.1) is 17.6 Å². The number of carbonyl (C=O) groups excluding carboxylic acids is 2. The quantitative estimate of drug-likeness (QED) is 0.652. The first-order chi connectivity index (χ1) is 14.8. The molecule has 1 aromatic carbocycles. The third-order valence-corrected chi connectivity index (χ3v) is 6.06. The number of nitrogens with one attached hydrogen (secondary N) is 1. The Balaban J connectivity index is 1.50. The first kappa shape index (κ1) is 22.8. The van der Waals surface area contributed by atoms with Crippen LogP contribution in [0.1, 0.15) is 69.1 Å². The second-order valence-corrected chi connectivity index (χ2v) is 9.81. The lowest BCUT2D eigenvalue weighted by Gasteiger charge is -2.30. The average Bonchev–Trinajstić information content (AvgIpc) is 3.57. The maximum absolute atomic E-state index is 14.9. The lowest BCUT2D eigenvalue weighted by atomic mass is 9.97. The molecule has 32 heavy (non-hydrogen) atoms. The van der Waals surface area contributed by atoms with Crippen LogP contribution in [0.4, 0.5) is 26.7 Å². The van der Waals surface area contributed by atoms with E-state index in [1.807, 2.05) is 0 Å². The van der Waals surface area contributed by atoms with Gasteiger partial charge in [-0.1, -0.05) is 0 Å². The number of ether oxygens (including phenoxy) is 1. The van der Waals surface area contributed by atoms with Crippen molar-refractivity contribution in [3.63, 3.8) is 0 Å². The summed E-state index contributed by atoms with van der Waals surface area (Å²) in [6, 6.07) is -0.427. The highest BCUT2D eigenvalue weighted by atomic mass is 19.4. The molecule has 0 radical (unpaired) electrons. The Morgan fingerprint density at radius 1 is 1.16 bits per heavy atom. The van der Waals surface area contributed by atoms with Crippen molar-refractivity contribution in [1.29, 1.82) is 0 Å². The van der Waals surface area contributed by atoms with E-state index in [9.17, 15) is 31.5 Å². The fourth-order valence-electron chi connectivity index (χ4n) is 4.44. The van der Waals surface area contributed by atoms with Crippen molar-refractivity contribution in [3.05, 3.63) is 34.4 Å². The normalized spacial score (nSPS) is 24.9. The molecule has 2 saturated carbocycles. The predicted octanol–water partition coefficient (Wildman–Crippen LogP) is 4.88. The summed E-state index contributed by atoms with van der Waals surface area (Å²) in [4.78, 5) is 26.7. The molecule has 3 aliphatic rings. The lowest BCUT2D eigenvalue weighted by molar-refractivity contribution is -0.141. The van der Waals surface area contributed by atoms with Gasteiger partial charge in [-0.3, -0.25) is 9.69 Å². The van der Waals surface area contributed by atoms with Crippen LogP contribution in [0.5, 0.6) is 0 Å². The molecule has 0 bridgehead atoms. The van der Waals surface area contributed by atoms with E-state index in [0.717, 1.165) is 6.42 Å². The molecule has 10 heteroatoms. The number of amides is 2. The highest BCUT2D eigenvalue weighted by molar-refractivity contribution is 5.87. The van der Waals surface area contributed by atoms with Gasteiger partial charge in [0.1, 0.15) is 23.3 Å². The Hall–Kier alpha value is -2.39. The van der Waals surface area contributed by atoms with Crippen molar-refractivity contribution in [3.8, 4) is 0 Å². The number of fused-ring (bicyclic) bond motifs is 1. The second-order valence-electron chi connectivity index (χ2n) is 9.81. The molecule has 1 aromatic rings. The van der Waals surface area contributed by atoms with Gasteiger partial charge in [0.05, 0.1) is 5.56 Å². The highest BCUT2D eigenvalue weighted by Crippen LogP contribution is 2.49. The Labute approximate surface area is 182 Å². The van der Waals surface area contributed by atoms with E-state index in [0.29, 0.717) is 25.3 Å². The van der Waals surface area contributed by atoms with Crippen LogP contribution in [0.2, 0.25) is 0 Å².